The first kappa shape index (κ1) is 8.85. The minimum atomic E-state index is 1.04. The van der Waals surface area contributed by atoms with Crippen LogP contribution >= 0.6 is 0 Å². The van der Waals surface area contributed by atoms with Crippen LogP contribution in [0.3, 0.4) is 0 Å². The van der Waals surface area contributed by atoms with Gasteiger partial charge >= 0.3 is 0 Å². The summed E-state index contributed by atoms with van der Waals surface area (Å²) in [4.78, 5) is 2.09. The Balaban J connectivity index is 2.38. The van der Waals surface area contributed by atoms with Gasteiger partial charge in [0.1, 0.15) is 0 Å². The Morgan fingerprint density at radius 3 is 2.58 bits per heavy atom. The molecule has 0 aliphatic carbocycles. The van der Waals surface area contributed by atoms with Crippen molar-refractivity contribution in [2.24, 2.45) is 0 Å². The molecule has 0 unspecified atom stereocenters. The van der Waals surface area contributed by atoms with Crippen molar-refractivity contribution in [1.29, 1.82) is 0 Å². The smallest absolute Gasteiger partial charge is 0.0209 e. The summed E-state index contributed by atoms with van der Waals surface area (Å²) in [6, 6.07) is 10.5. The molecule has 0 atom stereocenters. The molecule has 64 valence electrons. The molecule has 0 aliphatic heterocycles. The molecule has 0 heterocycles. The van der Waals surface area contributed by atoms with Crippen molar-refractivity contribution in [2.75, 3.05) is 13.6 Å². The molecule has 0 fully saturated rings. The Bertz CT molecular complexity index is 228. The van der Waals surface area contributed by atoms with E-state index < -0.39 is 0 Å². The molecular weight excluding hydrogens is 146 g/mol. The average molecular weight is 161 g/mol. The van der Waals surface area contributed by atoms with Gasteiger partial charge in [0.15, 0.2) is 0 Å². The molecule has 0 saturated heterocycles. The van der Waals surface area contributed by atoms with Gasteiger partial charge in [-0.3, -0.25) is 0 Å². The second-order valence-corrected chi connectivity index (χ2v) is 2.90. The number of hydrogen-bond donors (Lipinski definition) is 0. The fourth-order valence-corrected chi connectivity index (χ4v) is 1.04. The normalized spacial score (nSPS) is 9.42. The van der Waals surface area contributed by atoms with Gasteiger partial charge in [-0.15, -0.1) is 0 Å². The van der Waals surface area contributed by atoms with Crippen LogP contribution in [0.1, 0.15) is 5.56 Å². The summed E-state index contributed by atoms with van der Waals surface area (Å²) in [6.45, 7) is 4.73. The summed E-state index contributed by atoms with van der Waals surface area (Å²) >= 11 is 0. The fraction of sp³-hybridized carbons (Fsp3) is 0.273. The van der Waals surface area contributed by atoms with E-state index in [-0.39, 0.29) is 0 Å². The Labute approximate surface area is 74.3 Å². The first-order valence-electron chi connectivity index (χ1n) is 4.19. The van der Waals surface area contributed by atoms with Gasteiger partial charge in [0.25, 0.3) is 0 Å². The summed E-state index contributed by atoms with van der Waals surface area (Å²) in [5.41, 5.74) is 1.38. The van der Waals surface area contributed by atoms with E-state index >= 15 is 0 Å². The first-order chi connectivity index (χ1) is 5.83. The summed E-state index contributed by atoms with van der Waals surface area (Å²) in [5, 5.41) is 0. The van der Waals surface area contributed by atoms with Crippen molar-refractivity contribution >= 4 is 0 Å². The van der Waals surface area contributed by atoms with Crippen LogP contribution in [0.15, 0.2) is 43.1 Å². The molecule has 0 N–H and O–H groups in total. The number of rotatable bonds is 4. The highest BCUT2D eigenvalue weighted by molar-refractivity contribution is 5.14. The molecule has 1 aromatic carbocycles. The maximum Gasteiger partial charge on any atom is 0.0209 e. The summed E-state index contributed by atoms with van der Waals surface area (Å²) in [5.74, 6) is 0. The summed E-state index contributed by atoms with van der Waals surface area (Å²) < 4.78 is 0. The predicted molar refractivity (Wildman–Crippen MR) is 53.0 cm³/mol. The van der Waals surface area contributed by atoms with Crippen molar-refractivity contribution in [1.82, 2.24) is 4.90 Å². The van der Waals surface area contributed by atoms with E-state index in [1.165, 1.54) is 5.56 Å². The lowest BCUT2D eigenvalue weighted by Crippen LogP contribution is -2.13. The Kier molecular flexibility index (Phi) is 3.39. The summed E-state index contributed by atoms with van der Waals surface area (Å²) in [6.07, 6.45) is 2.94. The van der Waals surface area contributed by atoms with E-state index in [1.54, 1.807) is 0 Å². The van der Waals surface area contributed by atoms with Gasteiger partial charge in [-0.25, -0.2) is 0 Å². The molecule has 1 heteroatoms. The third kappa shape index (κ3) is 2.79. The molecule has 0 radical (unpaired) electrons. The molecule has 1 aromatic rings. The zero-order valence-corrected chi connectivity index (χ0v) is 7.53. The molecule has 0 saturated carbocycles. The largest absolute Gasteiger partial charge is 0.381 e. The van der Waals surface area contributed by atoms with Crippen LogP contribution < -0.4 is 0 Å². The van der Waals surface area contributed by atoms with Crippen molar-refractivity contribution in [3.05, 3.63) is 48.7 Å². The van der Waals surface area contributed by atoms with Crippen molar-refractivity contribution in [3.8, 4) is 0 Å². The van der Waals surface area contributed by atoms with Gasteiger partial charge in [-0.05, 0) is 18.2 Å². The van der Waals surface area contributed by atoms with Crippen LogP contribution in [-0.2, 0) is 6.42 Å². The number of nitrogens with zero attached hydrogens (tertiary/aromatic N) is 1. The molecule has 0 amide bonds. The maximum absolute atomic E-state index is 3.70. The highest BCUT2D eigenvalue weighted by Crippen LogP contribution is 2.00. The Hall–Kier alpha value is -1.24. The zero-order valence-electron chi connectivity index (χ0n) is 7.53. The predicted octanol–water partition coefficient (Wildman–Crippen LogP) is 2.30. The van der Waals surface area contributed by atoms with E-state index in [9.17, 15) is 0 Å². The average Bonchev–Trinajstić information content (AvgIpc) is 2.16. The SMILES string of the molecule is C=CN(C)CCc1ccccc1. The lowest BCUT2D eigenvalue weighted by molar-refractivity contribution is 0.462. The van der Waals surface area contributed by atoms with Gasteiger partial charge in [0, 0.05) is 13.6 Å². The highest BCUT2D eigenvalue weighted by Gasteiger charge is 1.92. The van der Waals surface area contributed by atoms with E-state index in [2.05, 4.69) is 35.7 Å². The molecule has 12 heavy (non-hydrogen) atoms. The quantitative estimate of drug-likeness (QED) is 0.655. The van der Waals surface area contributed by atoms with Gasteiger partial charge in [-0.1, -0.05) is 36.9 Å². The first-order valence-corrected chi connectivity index (χ1v) is 4.19. The number of hydrogen-bond acceptors (Lipinski definition) is 1. The minimum absolute atomic E-state index is 1.04. The molecule has 0 aliphatic rings. The topological polar surface area (TPSA) is 3.24 Å². The van der Waals surface area contributed by atoms with Crippen LogP contribution in [0.25, 0.3) is 0 Å². The molecule has 1 rings (SSSR count). The summed E-state index contributed by atoms with van der Waals surface area (Å²) in [7, 11) is 2.04. The van der Waals surface area contributed by atoms with E-state index in [1.807, 2.05) is 19.3 Å². The Morgan fingerprint density at radius 2 is 2.00 bits per heavy atom. The van der Waals surface area contributed by atoms with Gasteiger partial charge < -0.3 is 4.90 Å². The molecular formula is C11H15N. The lowest BCUT2D eigenvalue weighted by atomic mass is 10.1. The van der Waals surface area contributed by atoms with Crippen LogP contribution in [0.4, 0.5) is 0 Å². The van der Waals surface area contributed by atoms with Gasteiger partial charge in [0.2, 0.25) is 0 Å². The maximum atomic E-state index is 3.70. The number of benzene rings is 1. The molecule has 0 spiro atoms. The van der Waals surface area contributed by atoms with Crippen LogP contribution in [0.5, 0.6) is 0 Å². The van der Waals surface area contributed by atoms with Crippen LogP contribution in [-0.4, -0.2) is 18.5 Å². The second kappa shape index (κ2) is 4.60. The second-order valence-electron chi connectivity index (χ2n) is 2.90. The fourth-order valence-electron chi connectivity index (χ4n) is 1.04. The van der Waals surface area contributed by atoms with E-state index in [0.717, 1.165) is 13.0 Å². The monoisotopic (exact) mass is 161 g/mol. The van der Waals surface area contributed by atoms with E-state index in [4.69, 9.17) is 0 Å². The van der Waals surface area contributed by atoms with Crippen molar-refractivity contribution < 1.29 is 0 Å². The molecule has 1 nitrogen and oxygen atoms in total. The number of likely N-dealkylation sites (N-methyl/N-ethyl adjacent to an activating group) is 1. The van der Waals surface area contributed by atoms with E-state index in [0.29, 0.717) is 0 Å². The van der Waals surface area contributed by atoms with Crippen LogP contribution in [0, 0.1) is 0 Å². The van der Waals surface area contributed by atoms with Gasteiger partial charge in [0.05, 0.1) is 0 Å². The standard InChI is InChI=1S/C11H15N/c1-3-12(2)10-9-11-7-5-4-6-8-11/h3-8H,1,9-10H2,2H3. The Morgan fingerprint density at radius 1 is 1.33 bits per heavy atom. The molecule has 0 aromatic heterocycles. The lowest BCUT2D eigenvalue weighted by Gasteiger charge is -2.12. The minimum Gasteiger partial charge on any atom is -0.381 e. The molecule has 0 bridgehead atoms. The van der Waals surface area contributed by atoms with Crippen LogP contribution in [0.2, 0.25) is 0 Å². The highest BCUT2D eigenvalue weighted by atomic mass is 15.1. The van der Waals surface area contributed by atoms with Crippen molar-refractivity contribution in [3.63, 3.8) is 0 Å². The van der Waals surface area contributed by atoms with Crippen molar-refractivity contribution in [2.45, 2.75) is 6.42 Å². The third-order valence-electron chi connectivity index (χ3n) is 1.91. The third-order valence-corrected chi connectivity index (χ3v) is 1.91. The zero-order chi connectivity index (χ0) is 8.81. The van der Waals surface area contributed by atoms with Gasteiger partial charge in [-0.2, -0.15) is 0 Å².